The number of thioether (sulfide) groups is 1. The lowest BCUT2D eigenvalue weighted by Crippen LogP contribution is -2.18. The van der Waals surface area contributed by atoms with E-state index in [1.165, 1.54) is 29.7 Å². The zero-order valence-corrected chi connectivity index (χ0v) is 10.1. The molecule has 0 aromatic heterocycles. The second-order valence-corrected chi connectivity index (χ2v) is 5.64. The molecule has 2 unspecified atom stereocenters. The Morgan fingerprint density at radius 3 is 2.93 bits per heavy atom. The molecule has 1 aliphatic rings. The van der Waals surface area contributed by atoms with E-state index in [4.69, 9.17) is 5.73 Å². The van der Waals surface area contributed by atoms with Gasteiger partial charge in [0.05, 0.1) is 0 Å². The largest absolute Gasteiger partial charge is 0.330 e. The maximum atomic E-state index is 5.76. The first-order chi connectivity index (χ1) is 7.33. The van der Waals surface area contributed by atoms with Crippen LogP contribution in [0.25, 0.3) is 0 Å². The maximum absolute atomic E-state index is 5.76. The van der Waals surface area contributed by atoms with Crippen LogP contribution in [0.15, 0.2) is 29.2 Å². The zero-order chi connectivity index (χ0) is 10.7. The first-order valence-corrected chi connectivity index (χ1v) is 6.66. The molecule has 2 atom stereocenters. The first kappa shape index (κ1) is 11.0. The van der Waals surface area contributed by atoms with E-state index in [0.717, 1.165) is 11.8 Å². The maximum Gasteiger partial charge on any atom is 0.0138 e. The summed E-state index contributed by atoms with van der Waals surface area (Å²) in [5.41, 5.74) is 7.28. The van der Waals surface area contributed by atoms with Crippen LogP contribution in [0, 0.1) is 5.92 Å². The molecule has 0 fully saturated rings. The number of hydrogen-bond acceptors (Lipinski definition) is 2. The van der Waals surface area contributed by atoms with Crippen molar-refractivity contribution in [2.75, 3.05) is 6.54 Å². The summed E-state index contributed by atoms with van der Waals surface area (Å²) in [5, 5.41) is 0.760. The van der Waals surface area contributed by atoms with Gasteiger partial charge >= 0.3 is 0 Å². The highest BCUT2D eigenvalue weighted by atomic mass is 32.2. The Bertz CT molecular complexity index is 295. The SMILES string of the molecule is CCC(CN)CC1Cc2ccccc2S1. The van der Waals surface area contributed by atoms with E-state index >= 15 is 0 Å². The van der Waals surface area contributed by atoms with Gasteiger partial charge < -0.3 is 5.73 Å². The van der Waals surface area contributed by atoms with Gasteiger partial charge in [-0.15, -0.1) is 11.8 Å². The van der Waals surface area contributed by atoms with Crippen molar-refractivity contribution in [3.05, 3.63) is 29.8 Å². The van der Waals surface area contributed by atoms with Crippen LogP contribution in [0.4, 0.5) is 0 Å². The third kappa shape index (κ3) is 2.56. The lowest BCUT2D eigenvalue weighted by molar-refractivity contribution is 0.473. The number of fused-ring (bicyclic) bond motifs is 1. The molecule has 82 valence electrons. The van der Waals surface area contributed by atoms with Gasteiger partial charge in [0.15, 0.2) is 0 Å². The highest BCUT2D eigenvalue weighted by molar-refractivity contribution is 8.00. The smallest absolute Gasteiger partial charge is 0.0138 e. The van der Waals surface area contributed by atoms with Crippen LogP contribution in [-0.4, -0.2) is 11.8 Å². The number of hydrogen-bond donors (Lipinski definition) is 1. The molecule has 0 aliphatic carbocycles. The molecule has 1 aromatic rings. The third-order valence-corrected chi connectivity index (χ3v) is 4.57. The summed E-state index contributed by atoms with van der Waals surface area (Å²) in [6.07, 6.45) is 3.72. The van der Waals surface area contributed by atoms with Crippen molar-refractivity contribution in [2.24, 2.45) is 11.7 Å². The number of rotatable bonds is 4. The topological polar surface area (TPSA) is 26.0 Å². The number of nitrogens with two attached hydrogens (primary N) is 1. The Kier molecular flexibility index (Phi) is 3.71. The molecule has 0 saturated heterocycles. The average Bonchev–Trinajstić information content (AvgIpc) is 2.68. The molecule has 0 bridgehead atoms. The van der Waals surface area contributed by atoms with Gasteiger partial charge in [-0.2, -0.15) is 0 Å². The summed E-state index contributed by atoms with van der Waals surface area (Å²) in [7, 11) is 0. The van der Waals surface area contributed by atoms with E-state index in [1.807, 2.05) is 11.8 Å². The summed E-state index contributed by atoms with van der Waals surface area (Å²) in [5.74, 6) is 0.705. The van der Waals surface area contributed by atoms with Gasteiger partial charge in [-0.05, 0) is 36.9 Å². The van der Waals surface area contributed by atoms with Gasteiger partial charge in [0.1, 0.15) is 0 Å². The monoisotopic (exact) mass is 221 g/mol. The molecule has 1 aliphatic heterocycles. The molecular weight excluding hydrogens is 202 g/mol. The van der Waals surface area contributed by atoms with Gasteiger partial charge in [-0.25, -0.2) is 0 Å². The van der Waals surface area contributed by atoms with Gasteiger partial charge in [0.25, 0.3) is 0 Å². The third-order valence-electron chi connectivity index (χ3n) is 3.22. The molecule has 1 aromatic carbocycles. The molecule has 0 saturated carbocycles. The van der Waals surface area contributed by atoms with E-state index in [2.05, 4.69) is 31.2 Å². The van der Waals surface area contributed by atoms with E-state index in [9.17, 15) is 0 Å². The van der Waals surface area contributed by atoms with Crippen LogP contribution in [0.5, 0.6) is 0 Å². The minimum Gasteiger partial charge on any atom is -0.330 e. The van der Waals surface area contributed by atoms with Crippen molar-refractivity contribution in [2.45, 2.75) is 36.3 Å². The fraction of sp³-hybridized carbons (Fsp3) is 0.538. The summed E-state index contributed by atoms with van der Waals surface area (Å²) >= 11 is 2.04. The molecule has 0 amide bonds. The van der Waals surface area contributed by atoms with Gasteiger partial charge in [0, 0.05) is 10.1 Å². The van der Waals surface area contributed by atoms with Crippen LogP contribution in [-0.2, 0) is 6.42 Å². The van der Waals surface area contributed by atoms with E-state index in [0.29, 0.717) is 5.92 Å². The minimum absolute atomic E-state index is 0.705. The van der Waals surface area contributed by atoms with Crippen molar-refractivity contribution in [3.63, 3.8) is 0 Å². The van der Waals surface area contributed by atoms with Crippen molar-refractivity contribution >= 4 is 11.8 Å². The quantitative estimate of drug-likeness (QED) is 0.845. The van der Waals surface area contributed by atoms with Gasteiger partial charge in [-0.3, -0.25) is 0 Å². The van der Waals surface area contributed by atoms with Crippen molar-refractivity contribution < 1.29 is 0 Å². The minimum atomic E-state index is 0.705. The van der Waals surface area contributed by atoms with Crippen LogP contribution in [0.2, 0.25) is 0 Å². The predicted octanol–water partition coefficient (Wildman–Crippen LogP) is 3.08. The second kappa shape index (κ2) is 5.04. The van der Waals surface area contributed by atoms with E-state index in [1.54, 1.807) is 0 Å². The summed E-state index contributed by atoms with van der Waals surface area (Å²) in [4.78, 5) is 1.48. The summed E-state index contributed by atoms with van der Waals surface area (Å²) in [6, 6.07) is 8.77. The van der Waals surface area contributed by atoms with Crippen LogP contribution in [0.1, 0.15) is 25.3 Å². The standard InChI is InChI=1S/C13H19NS/c1-2-10(9-14)7-12-8-11-5-3-4-6-13(11)15-12/h3-6,10,12H,2,7-9,14H2,1H3. The molecule has 0 radical (unpaired) electrons. The molecule has 2 rings (SSSR count). The summed E-state index contributed by atoms with van der Waals surface area (Å²) < 4.78 is 0. The fourth-order valence-corrected chi connectivity index (χ4v) is 3.64. The molecular formula is C13H19NS. The van der Waals surface area contributed by atoms with Gasteiger partial charge in [0.2, 0.25) is 0 Å². The molecule has 15 heavy (non-hydrogen) atoms. The fourth-order valence-electron chi connectivity index (χ4n) is 2.19. The van der Waals surface area contributed by atoms with Crippen LogP contribution < -0.4 is 5.73 Å². The zero-order valence-electron chi connectivity index (χ0n) is 9.28. The Morgan fingerprint density at radius 1 is 1.47 bits per heavy atom. The highest BCUT2D eigenvalue weighted by Crippen LogP contribution is 2.39. The Hall–Kier alpha value is -0.470. The molecule has 1 nitrogen and oxygen atoms in total. The summed E-state index contributed by atoms with van der Waals surface area (Å²) in [6.45, 7) is 3.08. The van der Waals surface area contributed by atoms with E-state index < -0.39 is 0 Å². The van der Waals surface area contributed by atoms with Crippen molar-refractivity contribution in [3.8, 4) is 0 Å². The van der Waals surface area contributed by atoms with Crippen molar-refractivity contribution in [1.29, 1.82) is 0 Å². The van der Waals surface area contributed by atoms with Crippen LogP contribution >= 0.6 is 11.8 Å². The first-order valence-electron chi connectivity index (χ1n) is 5.78. The van der Waals surface area contributed by atoms with Crippen LogP contribution in [0.3, 0.4) is 0 Å². The number of benzene rings is 1. The molecule has 1 heterocycles. The Balaban J connectivity index is 1.95. The molecule has 2 N–H and O–H groups in total. The molecule has 2 heteroatoms. The highest BCUT2D eigenvalue weighted by Gasteiger charge is 2.23. The lowest BCUT2D eigenvalue weighted by atomic mass is 9.97. The normalized spacial score (nSPS) is 21.3. The Morgan fingerprint density at radius 2 is 2.27 bits per heavy atom. The second-order valence-electron chi connectivity index (χ2n) is 4.30. The average molecular weight is 221 g/mol. The lowest BCUT2D eigenvalue weighted by Gasteiger charge is -2.16. The molecule has 0 spiro atoms. The Labute approximate surface area is 96.4 Å². The van der Waals surface area contributed by atoms with Gasteiger partial charge in [-0.1, -0.05) is 31.5 Å². The van der Waals surface area contributed by atoms with E-state index in [-0.39, 0.29) is 0 Å². The van der Waals surface area contributed by atoms with Crippen molar-refractivity contribution in [1.82, 2.24) is 0 Å². The predicted molar refractivity (Wildman–Crippen MR) is 67.2 cm³/mol.